The Balaban J connectivity index is 1.46. The van der Waals surface area contributed by atoms with Gasteiger partial charge in [-0.15, -0.1) is 11.3 Å². The molecule has 1 atom stereocenters. The van der Waals surface area contributed by atoms with Gasteiger partial charge in [-0.05, 0) is 18.2 Å². The summed E-state index contributed by atoms with van der Waals surface area (Å²) in [5.74, 6) is -0.376. The number of benzene rings is 1. The van der Waals surface area contributed by atoms with Crippen LogP contribution in [0.4, 0.5) is 5.13 Å². The Morgan fingerprint density at radius 3 is 2.88 bits per heavy atom. The normalized spacial score (nSPS) is 16.3. The van der Waals surface area contributed by atoms with Gasteiger partial charge in [0.2, 0.25) is 0 Å². The summed E-state index contributed by atoms with van der Waals surface area (Å²) in [5, 5.41) is 9.99. The molecular formula is C22H20N6O3S. The van der Waals surface area contributed by atoms with E-state index in [0.717, 1.165) is 5.39 Å². The summed E-state index contributed by atoms with van der Waals surface area (Å²) in [5.41, 5.74) is 2.29. The van der Waals surface area contributed by atoms with Crippen LogP contribution in [0.1, 0.15) is 32.6 Å². The zero-order valence-electron chi connectivity index (χ0n) is 17.3. The van der Waals surface area contributed by atoms with Gasteiger partial charge in [0.15, 0.2) is 5.13 Å². The minimum atomic E-state index is -0.447. The van der Waals surface area contributed by atoms with Crippen LogP contribution >= 0.6 is 11.3 Å². The number of carbonyl (C=O) groups excluding carboxylic acids is 2. The smallest absolute Gasteiger partial charge is 0.272 e. The number of nitrogens with one attached hydrogen (secondary N) is 1. The third-order valence-electron chi connectivity index (χ3n) is 5.36. The number of para-hydroxylation sites is 1. The molecule has 0 radical (unpaired) electrons. The lowest BCUT2D eigenvalue weighted by atomic mass is 10.0. The highest BCUT2D eigenvalue weighted by Crippen LogP contribution is 2.27. The van der Waals surface area contributed by atoms with Crippen LogP contribution in [0.25, 0.3) is 10.9 Å². The lowest BCUT2D eigenvalue weighted by Gasteiger charge is -2.32. The van der Waals surface area contributed by atoms with Crippen LogP contribution in [0, 0.1) is 0 Å². The van der Waals surface area contributed by atoms with Gasteiger partial charge in [0.25, 0.3) is 11.8 Å². The molecule has 3 aromatic heterocycles. The number of carbonyl (C=O) groups is 2. The van der Waals surface area contributed by atoms with Gasteiger partial charge in [0.05, 0.1) is 29.9 Å². The van der Waals surface area contributed by atoms with Gasteiger partial charge in [-0.3, -0.25) is 19.6 Å². The number of morpholine rings is 1. The molecule has 0 bridgehead atoms. The quantitative estimate of drug-likeness (QED) is 0.515. The number of anilines is 1. The van der Waals surface area contributed by atoms with Gasteiger partial charge < -0.3 is 9.64 Å². The highest BCUT2D eigenvalue weighted by molar-refractivity contribution is 7.13. The standard InChI is InChI=1S/C22H20N6O3S/c1-27-18(6-7-24-27)21(30)28-9-10-31-19(13-28)17-12-15(14-4-2-3-5-16(14)25-17)20(29)26-22-23-8-11-32-22/h2-8,11-12,19H,9-10,13H2,1H3,(H,23,26,29). The lowest BCUT2D eigenvalue weighted by molar-refractivity contribution is -0.0249. The number of thiazole rings is 1. The molecule has 1 aliphatic rings. The number of pyridine rings is 1. The summed E-state index contributed by atoms with van der Waals surface area (Å²) in [6.07, 6.45) is 2.79. The Bertz CT molecular complexity index is 1290. The van der Waals surface area contributed by atoms with Gasteiger partial charge in [0, 0.05) is 36.8 Å². The number of hydrogen-bond acceptors (Lipinski definition) is 7. The molecule has 1 aliphatic heterocycles. The number of amides is 2. The molecule has 1 fully saturated rings. The number of hydrogen-bond donors (Lipinski definition) is 1. The van der Waals surface area contributed by atoms with Crippen molar-refractivity contribution in [1.29, 1.82) is 0 Å². The maximum atomic E-state index is 13.0. The molecule has 0 aliphatic carbocycles. The van der Waals surface area contributed by atoms with E-state index in [9.17, 15) is 9.59 Å². The Morgan fingerprint density at radius 1 is 1.22 bits per heavy atom. The van der Waals surface area contributed by atoms with E-state index < -0.39 is 6.10 Å². The summed E-state index contributed by atoms with van der Waals surface area (Å²) < 4.78 is 7.52. The van der Waals surface area contributed by atoms with Crippen molar-refractivity contribution in [2.24, 2.45) is 7.05 Å². The topological polar surface area (TPSA) is 102 Å². The van der Waals surface area contributed by atoms with Crippen molar-refractivity contribution in [3.05, 3.63) is 71.1 Å². The third-order valence-corrected chi connectivity index (χ3v) is 6.05. The van der Waals surface area contributed by atoms with E-state index in [1.54, 1.807) is 46.5 Å². The first kappa shape index (κ1) is 20.3. The second-order valence-corrected chi connectivity index (χ2v) is 8.25. The molecule has 162 valence electrons. The first-order chi connectivity index (χ1) is 15.6. The van der Waals surface area contributed by atoms with Crippen LogP contribution in [-0.4, -0.2) is 56.2 Å². The Hall–Kier alpha value is -3.63. The fraction of sp³-hybridized carbons (Fsp3) is 0.227. The largest absolute Gasteiger partial charge is 0.368 e. The Labute approximate surface area is 187 Å². The molecule has 1 N–H and O–H groups in total. The van der Waals surface area contributed by atoms with Crippen LogP contribution < -0.4 is 5.32 Å². The molecule has 4 aromatic rings. The van der Waals surface area contributed by atoms with E-state index in [4.69, 9.17) is 9.72 Å². The molecule has 0 spiro atoms. The van der Waals surface area contributed by atoms with E-state index >= 15 is 0 Å². The number of aryl methyl sites for hydroxylation is 1. The maximum absolute atomic E-state index is 13.0. The van der Waals surface area contributed by atoms with Crippen LogP contribution in [0.2, 0.25) is 0 Å². The molecule has 1 saturated heterocycles. The van der Waals surface area contributed by atoms with Crippen molar-refractivity contribution >= 4 is 39.2 Å². The lowest BCUT2D eigenvalue weighted by Crippen LogP contribution is -2.43. The number of ether oxygens (including phenoxy) is 1. The summed E-state index contributed by atoms with van der Waals surface area (Å²) in [4.78, 5) is 36.6. The minimum absolute atomic E-state index is 0.110. The predicted molar refractivity (Wildman–Crippen MR) is 120 cm³/mol. The number of rotatable bonds is 4. The summed E-state index contributed by atoms with van der Waals surface area (Å²) in [6, 6.07) is 10.9. The molecule has 32 heavy (non-hydrogen) atoms. The van der Waals surface area contributed by atoms with Crippen molar-refractivity contribution in [2.45, 2.75) is 6.10 Å². The van der Waals surface area contributed by atoms with Crippen LogP contribution in [0.15, 0.2) is 54.2 Å². The second kappa shape index (κ2) is 8.48. The molecule has 9 nitrogen and oxygen atoms in total. The summed E-state index contributed by atoms with van der Waals surface area (Å²) in [7, 11) is 1.74. The first-order valence-corrected chi connectivity index (χ1v) is 11.0. The Morgan fingerprint density at radius 2 is 2.09 bits per heavy atom. The zero-order valence-corrected chi connectivity index (χ0v) is 18.1. The van der Waals surface area contributed by atoms with Gasteiger partial charge in [-0.1, -0.05) is 18.2 Å². The molecule has 1 unspecified atom stereocenters. The second-order valence-electron chi connectivity index (χ2n) is 7.35. The monoisotopic (exact) mass is 448 g/mol. The summed E-state index contributed by atoms with van der Waals surface area (Å²) in [6.45, 7) is 1.19. The van der Waals surface area contributed by atoms with E-state index in [-0.39, 0.29) is 11.8 Å². The first-order valence-electron chi connectivity index (χ1n) is 10.1. The van der Waals surface area contributed by atoms with Crippen molar-refractivity contribution < 1.29 is 14.3 Å². The van der Waals surface area contributed by atoms with Crippen molar-refractivity contribution in [1.82, 2.24) is 24.6 Å². The average Bonchev–Trinajstić information content (AvgIpc) is 3.49. The minimum Gasteiger partial charge on any atom is -0.368 e. The molecule has 2 amide bonds. The van der Waals surface area contributed by atoms with E-state index in [2.05, 4.69) is 15.4 Å². The maximum Gasteiger partial charge on any atom is 0.272 e. The number of aromatic nitrogens is 4. The Kier molecular flexibility index (Phi) is 5.38. The summed E-state index contributed by atoms with van der Waals surface area (Å²) >= 11 is 1.35. The fourth-order valence-electron chi connectivity index (χ4n) is 3.76. The van der Waals surface area contributed by atoms with E-state index in [0.29, 0.717) is 47.3 Å². The highest BCUT2D eigenvalue weighted by Gasteiger charge is 2.29. The average molecular weight is 449 g/mol. The van der Waals surface area contributed by atoms with Crippen molar-refractivity contribution in [3.8, 4) is 0 Å². The SMILES string of the molecule is Cn1nccc1C(=O)N1CCOC(c2cc(C(=O)Nc3nccs3)c3ccccc3n2)C1. The number of fused-ring (bicyclic) bond motifs is 1. The predicted octanol–water partition coefficient (Wildman–Crippen LogP) is 2.89. The molecule has 5 rings (SSSR count). The number of nitrogens with zero attached hydrogens (tertiary/aromatic N) is 5. The molecule has 0 saturated carbocycles. The molecule has 1 aromatic carbocycles. The van der Waals surface area contributed by atoms with E-state index in [1.807, 2.05) is 24.3 Å². The van der Waals surface area contributed by atoms with Crippen LogP contribution in [0.5, 0.6) is 0 Å². The highest BCUT2D eigenvalue weighted by atomic mass is 32.1. The van der Waals surface area contributed by atoms with Crippen molar-refractivity contribution in [2.75, 3.05) is 25.0 Å². The fourth-order valence-corrected chi connectivity index (χ4v) is 4.28. The van der Waals surface area contributed by atoms with E-state index in [1.165, 1.54) is 11.3 Å². The third kappa shape index (κ3) is 3.85. The van der Waals surface area contributed by atoms with Crippen LogP contribution in [-0.2, 0) is 11.8 Å². The van der Waals surface area contributed by atoms with Crippen LogP contribution in [0.3, 0.4) is 0 Å². The molecule has 4 heterocycles. The molecular weight excluding hydrogens is 428 g/mol. The molecule has 10 heteroatoms. The van der Waals surface area contributed by atoms with Gasteiger partial charge in [-0.25, -0.2) is 9.97 Å². The van der Waals surface area contributed by atoms with Crippen molar-refractivity contribution in [3.63, 3.8) is 0 Å². The van der Waals surface area contributed by atoms with Gasteiger partial charge in [-0.2, -0.15) is 5.10 Å². The van der Waals surface area contributed by atoms with Gasteiger partial charge in [0.1, 0.15) is 11.8 Å². The van der Waals surface area contributed by atoms with Gasteiger partial charge >= 0.3 is 0 Å². The zero-order chi connectivity index (χ0) is 22.1.